The van der Waals surface area contributed by atoms with Crippen molar-refractivity contribution in [2.24, 2.45) is 5.92 Å². The van der Waals surface area contributed by atoms with E-state index in [1.807, 2.05) is 24.3 Å². The Bertz CT molecular complexity index is 1400. The Balaban J connectivity index is 1.51. The fourth-order valence-corrected chi connectivity index (χ4v) is 6.63. The van der Waals surface area contributed by atoms with E-state index >= 15 is 0 Å². The van der Waals surface area contributed by atoms with Gasteiger partial charge in [0.15, 0.2) is 11.5 Å². The van der Waals surface area contributed by atoms with Crippen molar-refractivity contribution in [1.29, 1.82) is 0 Å². The number of allylic oxidation sites excluding steroid dienone is 2. The fourth-order valence-electron chi connectivity index (χ4n) is 5.03. The van der Waals surface area contributed by atoms with E-state index in [1.165, 1.54) is 12.1 Å². The van der Waals surface area contributed by atoms with E-state index in [1.54, 1.807) is 32.4 Å². The van der Waals surface area contributed by atoms with Gasteiger partial charge in [0.1, 0.15) is 0 Å². The highest BCUT2D eigenvalue weighted by Gasteiger charge is 2.40. The Morgan fingerprint density at radius 2 is 1.74 bits per heavy atom. The summed E-state index contributed by atoms with van der Waals surface area (Å²) < 4.78 is 40.1. The highest BCUT2D eigenvalue weighted by Crippen LogP contribution is 2.52. The lowest BCUT2D eigenvalue weighted by atomic mass is 9.77. The molecule has 2 N–H and O–H groups in total. The van der Waals surface area contributed by atoms with Gasteiger partial charge >= 0.3 is 0 Å². The molecule has 0 spiro atoms. The highest BCUT2D eigenvalue weighted by atomic mass is 35.5. The second kappa shape index (κ2) is 9.30. The average Bonchev–Trinajstić information content (AvgIpc) is 3.32. The summed E-state index contributed by atoms with van der Waals surface area (Å²) in [4.78, 5) is 0.172. The molecule has 0 aromatic heterocycles. The van der Waals surface area contributed by atoms with Crippen molar-refractivity contribution in [1.82, 2.24) is 0 Å². The van der Waals surface area contributed by atoms with Gasteiger partial charge in [0.25, 0.3) is 10.0 Å². The van der Waals surface area contributed by atoms with Crippen LogP contribution >= 0.6 is 23.2 Å². The number of hydrogen-bond donors (Lipinski definition) is 2. The van der Waals surface area contributed by atoms with E-state index in [0.29, 0.717) is 27.2 Å². The second-order valence-electron chi connectivity index (χ2n) is 8.57. The number of hydrogen-bond acceptors (Lipinski definition) is 5. The van der Waals surface area contributed by atoms with Gasteiger partial charge in [0.2, 0.25) is 0 Å². The molecule has 0 fully saturated rings. The minimum absolute atomic E-state index is 0.0262. The predicted octanol–water partition coefficient (Wildman–Crippen LogP) is 6.64. The van der Waals surface area contributed by atoms with Crippen molar-refractivity contribution in [3.8, 4) is 11.5 Å². The highest BCUT2D eigenvalue weighted by molar-refractivity contribution is 7.92. The van der Waals surface area contributed by atoms with Gasteiger partial charge in [-0.1, -0.05) is 47.5 Å². The summed E-state index contributed by atoms with van der Waals surface area (Å²) in [5.74, 6) is 1.63. The smallest absolute Gasteiger partial charge is 0.261 e. The molecule has 6 nitrogen and oxygen atoms in total. The zero-order chi connectivity index (χ0) is 24.7. The Morgan fingerprint density at radius 1 is 0.971 bits per heavy atom. The molecular formula is C26H24Cl2N2O4S. The van der Waals surface area contributed by atoms with Crippen molar-refractivity contribution in [2.75, 3.05) is 24.3 Å². The van der Waals surface area contributed by atoms with Crippen LogP contribution in [0, 0.1) is 5.92 Å². The molecular weight excluding hydrogens is 507 g/mol. The number of ether oxygens (including phenoxy) is 2. The molecule has 0 saturated carbocycles. The standard InChI is InChI=1S/C26H24Cl2N2O4S/c1-33-24-8-4-7-21(26(24)34-2)25-20-6-3-5-19(20)22-14-18(9-10-23(22)29-25)35(31,32)30-17-12-15(27)11-16(28)13-17/h3-5,7-14,19-20,25,29-30H,6H2,1-2H3/t19-,20+,25-/m0/s1. The number of rotatable bonds is 6. The van der Waals surface area contributed by atoms with Crippen molar-refractivity contribution < 1.29 is 17.9 Å². The van der Waals surface area contributed by atoms with Crippen molar-refractivity contribution in [3.63, 3.8) is 0 Å². The zero-order valence-electron chi connectivity index (χ0n) is 19.1. The molecule has 0 bridgehead atoms. The van der Waals surface area contributed by atoms with Crippen LogP contribution in [-0.4, -0.2) is 22.6 Å². The summed E-state index contributed by atoms with van der Waals surface area (Å²) in [5.41, 5.74) is 3.14. The number of nitrogens with one attached hydrogen (secondary N) is 2. The van der Waals surface area contributed by atoms with E-state index in [-0.39, 0.29) is 22.8 Å². The molecule has 3 aromatic carbocycles. The monoisotopic (exact) mass is 530 g/mol. The normalized spacial score (nSPS) is 20.5. The lowest BCUT2D eigenvalue weighted by molar-refractivity contribution is 0.341. The predicted molar refractivity (Wildman–Crippen MR) is 140 cm³/mol. The summed E-state index contributed by atoms with van der Waals surface area (Å²) in [7, 11) is -0.588. The molecule has 1 aliphatic carbocycles. The van der Waals surface area contributed by atoms with Gasteiger partial charge in [0, 0.05) is 27.2 Å². The number of para-hydroxylation sites is 1. The molecule has 1 heterocycles. The summed E-state index contributed by atoms with van der Waals surface area (Å²) in [6.45, 7) is 0. The molecule has 5 rings (SSSR count). The fraction of sp³-hybridized carbons (Fsp3) is 0.231. The van der Waals surface area contributed by atoms with Gasteiger partial charge in [0.05, 0.1) is 30.8 Å². The molecule has 3 atom stereocenters. The van der Waals surface area contributed by atoms with Crippen molar-refractivity contribution in [2.45, 2.75) is 23.3 Å². The average molecular weight is 531 g/mol. The largest absolute Gasteiger partial charge is 0.493 e. The summed E-state index contributed by atoms with van der Waals surface area (Å²) in [6, 6.07) is 15.6. The lowest BCUT2D eigenvalue weighted by Gasteiger charge is -2.38. The van der Waals surface area contributed by atoms with Crippen LogP contribution in [0.2, 0.25) is 10.0 Å². The molecule has 0 amide bonds. The molecule has 35 heavy (non-hydrogen) atoms. The number of anilines is 2. The molecule has 0 radical (unpaired) electrons. The van der Waals surface area contributed by atoms with Crippen LogP contribution in [0.1, 0.15) is 29.5 Å². The van der Waals surface area contributed by atoms with Crippen LogP contribution in [-0.2, 0) is 10.0 Å². The number of methoxy groups -OCH3 is 2. The summed E-state index contributed by atoms with van der Waals surface area (Å²) >= 11 is 12.1. The maximum atomic E-state index is 13.2. The molecule has 1 aliphatic heterocycles. The lowest BCUT2D eigenvalue weighted by Crippen LogP contribution is -2.29. The minimum atomic E-state index is -3.85. The zero-order valence-corrected chi connectivity index (χ0v) is 21.4. The van der Waals surface area contributed by atoms with E-state index in [4.69, 9.17) is 32.7 Å². The number of fused-ring (bicyclic) bond motifs is 3. The number of halogens is 2. The van der Waals surface area contributed by atoms with E-state index in [9.17, 15) is 8.42 Å². The Kier molecular flexibility index (Phi) is 6.34. The maximum absolute atomic E-state index is 13.2. The Hall–Kier alpha value is -2.87. The topological polar surface area (TPSA) is 76.7 Å². The third-order valence-electron chi connectivity index (χ3n) is 6.53. The quantitative estimate of drug-likeness (QED) is 0.349. The van der Waals surface area contributed by atoms with Crippen LogP contribution in [0.4, 0.5) is 11.4 Å². The van der Waals surface area contributed by atoms with Gasteiger partial charge in [-0.05, 0) is 60.4 Å². The molecule has 2 aliphatic rings. The maximum Gasteiger partial charge on any atom is 0.261 e. The molecule has 0 unspecified atom stereocenters. The first kappa shape index (κ1) is 23.9. The van der Waals surface area contributed by atoms with Gasteiger partial charge in [-0.15, -0.1) is 0 Å². The number of benzene rings is 3. The van der Waals surface area contributed by atoms with E-state index < -0.39 is 10.0 Å². The van der Waals surface area contributed by atoms with Gasteiger partial charge in [-0.25, -0.2) is 8.42 Å². The van der Waals surface area contributed by atoms with Crippen LogP contribution in [0.25, 0.3) is 0 Å². The summed E-state index contributed by atoms with van der Waals surface area (Å²) in [5, 5.41) is 4.33. The minimum Gasteiger partial charge on any atom is -0.493 e. The van der Waals surface area contributed by atoms with Gasteiger partial charge in [-0.3, -0.25) is 4.72 Å². The van der Waals surface area contributed by atoms with E-state index in [0.717, 1.165) is 23.2 Å². The van der Waals surface area contributed by atoms with Crippen LogP contribution in [0.15, 0.2) is 71.6 Å². The first-order chi connectivity index (χ1) is 16.8. The van der Waals surface area contributed by atoms with Gasteiger partial charge in [-0.2, -0.15) is 0 Å². The van der Waals surface area contributed by atoms with Crippen LogP contribution < -0.4 is 19.5 Å². The molecule has 0 saturated heterocycles. The molecule has 9 heteroatoms. The van der Waals surface area contributed by atoms with Crippen LogP contribution in [0.5, 0.6) is 11.5 Å². The van der Waals surface area contributed by atoms with Crippen LogP contribution in [0.3, 0.4) is 0 Å². The Morgan fingerprint density at radius 3 is 2.46 bits per heavy atom. The first-order valence-corrected chi connectivity index (χ1v) is 13.3. The third kappa shape index (κ3) is 4.44. The molecule has 182 valence electrons. The third-order valence-corrected chi connectivity index (χ3v) is 8.34. The van der Waals surface area contributed by atoms with Crippen molar-refractivity contribution in [3.05, 3.63) is 87.9 Å². The first-order valence-electron chi connectivity index (χ1n) is 11.1. The van der Waals surface area contributed by atoms with E-state index in [2.05, 4.69) is 22.2 Å². The second-order valence-corrected chi connectivity index (χ2v) is 11.1. The number of sulfonamides is 1. The Labute approximate surface area is 214 Å². The van der Waals surface area contributed by atoms with Crippen molar-refractivity contribution >= 4 is 44.6 Å². The SMILES string of the molecule is COc1cccc([C@H]2Nc3ccc(S(=O)(=O)Nc4cc(Cl)cc(Cl)c4)cc3[C@H]3C=CC[C@H]32)c1OC. The molecule has 3 aromatic rings. The summed E-state index contributed by atoms with van der Waals surface area (Å²) in [6.07, 6.45) is 5.17. The van der Waals surface area contributed by atoms with Gasteiger partial charge < -0.3 is 14.8 Å².